The van der Waals surface area contributed by atoms with Gasteiger partial charge in [0.1, 0.15) is 16.7 Å². The van der Waals surface area contributed by atoms with Crippen LogP contribution in [0, 0.1) is 0 Å². The van der Waals surface area contributed by atoms with Crippen molar-refractivity contribution in [2.45, 2.75) is 0 Å². The summed E-state index contributed by atoms with van der Waals surface area (Å²) in [5, 5.41) is 2.20. The van der Waals surface area contributed by atoms with Crippen LogP contribution in [0.1, 0.15) is 0 Å². The highest BCUT2D eigenvalue weighted by Crippen LogP contribution is 2.41. The molecule has 0 saturated carbocycles. The largest absolute Gasteiger partial charge is 0.454 e. The van der Waals surface area contributed by atoms with Crippen molar-refractivity contribution in [3.05, 3.63) is 144 Å². The van der Waals surface area contributed by atoms with Crippen LogP contribution in [-0.4, -0.2) is 4.98 Å². The molecule has 0 amide bonds. The predicted molar refractivity (Wildman–Crippen MR) is 175 cm³/mol. The van der Waals surface area contributed by atoms with Crippen LogP contribution >= 0.6 is 15.9 Å². The van der Waals surface area contributed by atoms with Gasteiger partial charge in [0.25, 0.3) is 0 Å². The zero-order valence-electron chi connectivity index (χ0n) is 22.4. The number of hydrogen-bond acceptors (Lipinski definition) is 4. The van der Waals surface area contributed by atoms with Gasteiger partial charge in [-0.25, -0.2) is 4.98 Å². The average molecular weight is 608 g/mol. The Labute approximate surface area is 250 Å². The molecule has 8 aromatic rings. The van der Waals surface area contributed by atoms with Gasteiger partial charge in [0, 0.05) is 39.0 Å². The zero-order valence-corrected chi connectivity index (χ0v) is 24.0. The van der Waals surface area contributed by atoms with Crippen molar-refractivity contribution in [2.75, 3.05) is 4.90 Å². The van der Waals surface area contributed by atoms with Crippen LogP contribution in [0.25, 0.3) is 55.6 Å². The van der Waals surface area contributed by atoms with E-state index in [1.54, 1.807) is 0 Å². The van der Waals surface area contributed by atoms with Crippen molar-refractivity contribution in [2.24, 2.45) is 0 Å². The van der Waals surface area contributed by atoms with Gasteiger partial charge in [-0.3, -0.25) is 0 Å². The van der Waals surface area contributed by atoms with Crippen LogP contribution in [0.2, 0.25) is 0 Å². The fourth-order valence-corrected chi connectivity index (χ4v) is 6.05. The number of halogens is 1. The first kappa shape index (κ1) is 24.6. The Balaban J connectivity index is 1.23. The number of hydrogen-bond donors (Lipinski definition) is 0. The second-order valence-electron chi connectivity index (χ2n) is 10.2. The summed E-state index contributed by atoms with van der Waals surface area (Å²) in [5.74, 6) is 0.613. The highest BCUT2D eigenvalue weighted by atomic mass is 79.9. The molecule has 200 valence electrons. The monoisotopic (exact) mass is 606 g/mol. The van der Waals surface area contributed by atoms with Gasteiger partial charge >= 0.3 is 0 Å². The second kappa shape index (κ2) is 10.1. The minimum atomic E-state index is 0.613. The predicted octanol–water partition coefficient (Wildman–Crippen LogP) is 11.3. The Morgan fingerprint density at radius 1 is 0.524 bits per heavy atom. The molecule has 0 fully saturated rings. The molecule has 0 aliphatic rings. The average Bonchev–Trinajstić information content (AvgIpc) is 3.65. The van der Waals surface area contributed by atoms with Gasteiger partial charge in [0.05, 0.1) is 4.47 Å². The first-order valence-electron chi connectivity index (χ1n) is 13.7. The van der Waals surface area contributed by atoms with Gasteiger partial charge in [-0.1, -0.05) is 72.8 Å². The van der Waals surface area contributed by atoms with Gasteiger partial charge in [0.2, 0.25) is 5.89 Å². The summed E-state index contributed by atoms with van der Waals surface area (Å²) in [7, 11) is 0. The first-order chi connectivity index (χ1) is 20.7. The normalized spacial score (nSPS) is 11.5. The molecular formula is C37H23BrN2O2. The van der Waals surface area contributed by atoms with Gasteiger partial charge in [-0.15, -0.1) is 0 Å². The Morgan fingerprint density at radius 3 is 2.05 bits per heavy atom. The molecule has 4 nitrogen and oxygen atoms in total. The van der Waals surface area contributed by atoms with Crippen LogP contribution in [0.15, 0.2) is 153 Å². The molecular weight excluding hydrogens is 584 g/mol. The van der Waals surface area contributed by atoms with E-state index in [0.717, 1.165) is 71.3 Å². The summed E-state index contributed by atoms with van der Waals surface area (Å²) in [6.07, 6.45) is 0. The third-order valence-corrected chi connectivity index (χ3v) is 8.20. The number of anilines is 3. The quantitative estimate of drug-likeness (QED) is 0.195. The lowest BCUT2D eigenvalue weighted by atomic mass is 10.0. The van der Waals surface area contributed by atoms with E-state index >= 15 is 0 Å². The molecule has 0 atom stereocenters. The molecule has 8 rings (SSSR count). The summed E-state index contributed by atoms with van der Waals surface area (Å²) in [5.41, 5.74) is 9.58. The molecule has 0 bridgehead atoms. The molecule has 0 radical (unpaired) electrons. The van der Waals surface area contributed by atoms with E-state index in [2.05, 4.69) is 123 Å². The minimum Gasteiger partial charge on any atom is -0.454 e. The molecule has 2 aromatic heterocycles. The second-order valence-corrected chi connectivity index (χ2v) is 11.0. The van der Waals surface area contributed by atoms with E-state index in [0.29, 0.717) is 5.89 Å². The van der Waals surface area contributed by atoms with Gasteiger partial charge in [-0.05, 0) is 88.2 Å². The smallest absolute Gasteiger partial charge is 0.227 e. The van der Waals surface area contributed by atoms with Crippen LogP contribution in [0.5, 0.6) is 0 Å². The standard InChI is InChI=1S/C37H23BrN2O2/c38-32-16-8-15-31-30-14-7-13-29(35(30)42-36(31)32)25-9-6-12-28(23-25)40(26-10-2-1-3-11-26)27-21-19-24(20-22-27)37-39-33-17-4-5-18-34(33)41-37/h1-23H. The Hall–Kier alpha value is -5.13. The topological polar surface area (TPSA) is 42.4 Å². The van der Waals surface area contributed by atoms with E-state index in [-0.39, 0.29) is 0 Å². The van der Waals surface area contributed by atoms with Gasteiger partial charge < -0.3 is 13.7 Å². The Morgan fingerprint density at radius 2 is 1.21 bits per heavy atom. The Kier molecular flexibility index (Phi) is 5.90. The number of aromatic nitrogens is 1. The third kappa shape index (κ3) is 4.18. The van der Waals surface area contributed by atoms with Gasteiger partial charge in [0.15, 0.2) is 5.58 Å². The van der Waals surface area contributed by atoms with Crippen molar-refractivity contribution in [3.8, 4) is 22.6 Å². The number of benzene rings is 6. The lowest BCUT2D eigenvalue weighted by Crippen LogP contribution is -2.09. The SMILES string of the molecule is Brc1cccc2c1oc1c(-c3cccc(N(c4ccccc4)c4ccc(-c5nc6ccccc6o5)cc4)c3)cccc12. The van der Waals surface area contributed by atoms with E-state index in [1.165, 1.54) is 0 Å². The van der Waals surface area contributed by atoms with Gasteiger partial charge in [-0.2, -0.15) is 0 Å². The molecule has 0 N–H and O–H groups in total. The fraction of sp³-hybridized carbons (Fsp3) is 0. The van der Waals surface area contributed by atoms with Crippen LogP contribution in [0.3, 0.4) is 0 Å². The molecule has 5 heteroatoms. The number of rotatable bonds is 5. The maximum Gasteiger partial charge on any atom is 0.227 e. The molecule has 0 spiro atoms. The number of oxazole rings is 1. The van der Waals surface area contributed by atoms with E-state index < -0.39 is 0 Å². The van der Waals surface area contributed by atoms with E-state index in [1.807, 2.05) is 42.5 Å². The summed E-state index contributed by atoms with van der Waals surface area (Å²) < 4.78 is 13.4. The number of para-hydroxylation sites is 5. The lowest BCUT2D eigenvalue weighted by Gasteiger charge is -2.26. The van der Waals surface area contributed by atoms with E-state index in [4.69, 9.17) is 8.83 Å². The first-order valence-corrected chi connectivity index (χ1v) is 14.5. The Bertz CT molecular complexity index is 2180. The summed E-state index contributed by atoms with van der Waals surface area (Å²) in [6, 6.07) is 47.7. The molecule has 2 heterocycles. The molecule has 0 aliphatic heterocycles. The maximum atomic E-state index is 6.44. The molecule has 0 unspecified atom stereocenters. The highest BCUT2D eigenvalue weighted by Gasteiger charge is 2.17. The van der Waals surface area contributed by atoms with Crippen molar-refractivity contribution in [1.29, 1.82) is 0 Å². The van der Waals surface area contributed by atoms with Crippen molar-refractivity contribution < 1.29 is 8.83 Å². The summed E-state index contributed by atoms with van der Waals surface area (Å²) in [6.45, 7) is 0. The highest BCUT2D eigenvalue weighted by molar-refractivity contribution is 9.10. The van der Waals surface area contributed by atoms with Crippen LogP contribution < -0.4 is 4.90 Å². The van der Waals surface area contributed by atoms with Crippen LogP contribution in [0.4, 0.5) is 17.1 Å². The summed E-state index contributed by atoms with van der Waals surface area (Å²) in [4.78, 5) is 6.93. The number of nitrogens with zero attached hydrogens (tertiary/aromatic N) is 2. The van der Waals surface area contributed by atoms with Crippen molar-refractivity contribution in [1.82, 2.24) is 4.98 Å². The molecule has 42 heavy (non-hydrogen) atoms. The number of fused-ring (bicyclic) bond motifs is 4. The lowest BCUT2D eigenvalue weighted by molar-refractivity contribution is 0.620. The molecule has 0 aliphatic carbocycles. The minimum absolute atomic E-state index is 0.613. The van der Waals surface area contributed by atoms with Crippen molar-refractivity contribution in [3.63, 3.8) is 0 Å². The number of furan rings is 1. The summed E-state index contributed by atoms with van der Waals surface area (Å²) >= 11 is 3.66. The third-order valence-electron chi connectivity index (χ3n) is 7.57. The molecule has 0 saturated heterocycles. The van der Waals surface area contributed by atoms with Crippen molar-refractivity contribution >= 4 is 66.0 Å². The fourth-order valence-electron chi connectivity index (χ4n) is 5.60. The van der Waals surface area contributed by atoms with Crippen LogP contribution in [-0.2, 0) is 0 Å². The molecule has 6 aromatic carbocycles. The zero-order chi connectivity index (χ0) is 28.0. The van der Waals surface area contributed by atoms with E-state index in [9.17, 15) is 0 Å². The maximum absolute atomic E-state index is 6.44.